The lowest BCUT2D eigenvalue weighted by molar-refractivity contribution is 0.0676. The molecular weight excluding hydrogens is 278 g/mol. The smallest absolute Gasteiger partial charge is 0.274 e. The van der Waals surface area contributed by atoms with Crippen LogP contribution in [0.25, 0.3) is 0 Å². The number of amides is 1. The number of nitrogens with one attached hydrogen (secondary N) is 1. The highest BCUT2D eigenvalue weighted by molar-refractivity contribution is 7.90. The molecule has 0 bridgehead atoms. The molecule has 7 heteroatoms. The van der Waals surface area contributed by atoms with Crippen molar-refractivity contribution < 1.29 is 13.2 Å². The third-order valence-electron chi connectivity index (χ3n) is 4.13. The topological polar surface area (TPSA) is 83.1 Å². The lowest BCUT2D eigenvalue weighted by Crippen LogP contribution is -2.39. The number of H-pyrrole nitrogens is 1. The molecule has 1 N–H and O–H groups in total. The number of likely N-dealkylation sites (tertiary alicyclic amines) is 1. The van der Waals surface area contributed by atoms with Crippen molar-refractivity contribution in [3.8, 4) is 0 Å². The molecule has 110 valence electrons. The first-order chi connectivity index (χ1) is 9.46. The van der Waals surface area contributed by atoms with Crippen LogP contribution in [0.4, 0.5) is 0 Å². The van der Waals surface area contributed by atoms with Gasteiger partial charge in [-0.05, 0) is 18.8 Å². The summed E-state index contributed by atoms with van der Waals surface area (Å²) < 4.78 is 23.5. The first kappa shape index (κ1) is 13.6. The van der Waals surface area contributed by atoms with Gasteiger partial charge in [0.2, 0.25) is 0 Å². The number of hydrogen-bond donors (Lipinski definition) is 1. The van der Waals surface area contributed by atoms with Crippen molar-refractivity contribution >= 4 is 15.7 Å². The van der Waals surface area contributed by atoms with Crippen LogP contribution in [0.5, 0.6) is 0 Å². The molecule has 0 aromatic carbocycles. The summed E-state index contributed by atoms with van der Waals surface area (Å²) in [5.41, 5.74) is 1.69. The number of piperidine rings is 1. The van der Waals surface area contributed by atoms with Gasteiger partial charge in [-0.1, -0.05) is 6.92 Å². The van der Waals surface area contributed by atoms with Crippen LogP contribution in [0.2, 0.25) is 0 Å². The number of nitrogens with zero attached hydrogens (tertiary/aromatic N) is 2. The van der Waals surface area contributed by atoms with Crippen molar-refractivity contribution in [2.75, 3.05) is 18.8 Å². The number of aryl methyl sites for hydroxylation is 1. The number of hydrogen-bond acceptors (Lipinski definition) is 4. The Morgan fingerprint density at radius 1 is 1.45 bits per heavy atom. The lowest BCUT2D eigenvalue weighted by Gasteiger charge is -2.30. The molecule has 1 aromatic rings. The predicted octanol–water partition coefficient (Wildman–Crippen LogP) is 0.753. The summed E-state index contributed by atoms with van der Waals surface area (Å²) in [5.74, 6) is 0.428. The molecule has 1 fully saturated rings. The van der Waals surface area contributed by atoms with E-state index in [2.05, 4.69) is 17.1 Å². The fraction of sp³-hybridized carbons (Fsp3) is 0.692. The Morgan fingerprint density at radius 3 is 3.00 bits per heavy atom. The van der Waals surface area contributed by atoms with Crippen molar-refractivity contribution in [2.45, 2.75) is 31.9 Å². The maximum atomic E-state index is 12.5. The van der Waals surface area contributed by atoms with E-state index in [-0.39, 0.29) is 17.4 Å². The predicted molar refractivity (Wildman–Crippen MR) is 74.1 cm³/mol. The minimum absolute atomic E-state index is 0.0662. The summed E-state index contributed by atoms with van der Waals surface area (Å²) in [6.45, 7) is 3.59. The number of fused-ring (bicyclic) bond motifs is 1. The first-order valence-electron chi connectivity index (χ1n) is 7.02. The maximum Gasteiger partial charge on any atom is 0.274 e. The zero-order valence-corrected chi connectivity index (χ0v) is 12.4. The average molecular weight is 297 g/mol. The summed E-state index contributed by atoms with van der Waals surface area (Å²) >= 11 is 0. The van der Waals surface area contributed by atoms with Gasteiger partial charge < -0.3 is 4.90 Å². The average Bonchev–Trinajstić information content (AvgIpc) is 2.79. The van der Waals surface area contributed by atoms with Crippen LogP contribution in [0.1, 0.15) is 41.5 Å². The standard InChI is InChI=1S/C13H19N3O3S/c1-9-3-2-5-16(7-9)13(17)12-10-8-20(18,19)6-4-11(10)14-15-12/h9H,2-8H2,1H3,(H,14,15)/t9-/m1/s1. The minimum Gasteiger partial charge on any atom is -0.337 e. The van der Waals surface area contributed by atoms with E-state index in [0.29, 0.717) is 23.6 Å². The zero-order chi connectivity index (χ0) is 14.3. The minimum atomic E-state index is -3.09. The molecule has 0 unspecified atom stereocenters. The van der Waals surface area contributed by atoms with E-state index in [0.717, 1.165) is 31.6 Å². The van der Waals surface area contributed by atoms with Gasteiger partial charge in [-0.15, -0.1) is 0 Å². The Bertz CT molecular complexity index is 635. The highest BCUT2D eigenvalue weighted by Gasteiger charge is 2.31. The maximum absolute atomic E-state index is 12.5. The zero-order valence-electron chi connectivity index (χ0n) is 11.6. The van der Waals surface area contributed by atoms with Gasteiger partial charge in [0.25, 0.3) is 5.91 Å². The van der Waals surface area contributed by atoms with E-state index in [1.807, 2.05) is 0 Å². The fourth-order valence-corrected chi connectivity index (χ4v) is 4.42. The Balaban J connectivity index is 1.88. The highest BCUT2D eigenvalue weighted by Crippen LogP contribution is 2.24. The molecule has 1 atom stereocenters. The molecule has 2 aliphatic heterocycles. The SMILES string of the molecule is C[C@@H]1CCCN(C(=O)c2n[nH]c3c2CS(=O)(=O)CC3)C1. The van der Waals surface area contributed by atoms with Gasteiger partial charge in [-0.3, -0.25) is 9.89 Å². The van der Waals surface area contributed by atoms with Gasteiger partial charge in [0.15, 0.2) is 15.5 Å². The van der Waals surface area contributed by atoms with E-state index in [4.69, 9.17) is 0 Å². The number of carbonyl (C=O) groups is 1. The molecular formula is C13H19N3O3S. The second kappa shape index (κ2) is 4.87. The Labute approximate surface area is 118 Å². The third-order valence-corrected chi connectivity index (χ3v) is 5.68. The normalized spacial score (nSPS) is 25.2. The number of sulfone groups is 1. The van der Waals surface area contributed by atoms with E-state index < -0.39 is 9.84 Å². The third kappa shape index (κ3) is 2.46. The lowest BCUT2D eigenvalue weighted by atomic mass is 9.99. The summed E-state index contributed by atoms with van der Waals surface area (Å²) in [4.78, 5) is 14.3. The largest absolute Gasteiger partial charge is 0.337 e. The first-order valence-corrected chi connectivity index (χ1v) is 8.84. The number of aromatic amines is 1. The molecule has 3 rings (SSSR count). The molecule has 20 heavy (non-hydrogen) atoms. The van der Waals surface area contributed by atoms with E-state index in [9.17, 15) is 13.2 Å². The van der Waals surface area contributed by atoms with E-state index >= 15 is 0 Å². The molecule has 0 radical (unpaired) electrons. The van der Waals surface area contributed by atoms with Crippen molar-refractivity contribution in [1.29, 1.82) is 0 Å². The van der Waals surface area contributed by atoms with Gasteiger partial charge in [0.05, 0.1) is 11.5 Å². The molecule has 1 amide bonds. The summed E-state index contributed by atoms with van der Waals surface area (Å²) in [7, 11) is -3.09. The Hall–Kier alpha value is -1.37. The molecule has 0 saturated carbocycles. The van der Waals surface area contributed by atoms with Crippen LogP contribution in [-0.2, 0) is 22.0 Å². The van der Waals surface area contributed by atoms with Crippen LogP contribution in [0.3, 0.4) is 0 Å². The monoisotopic (exact) mass is 297 g/mol. The van der Waals surface area contributed by atoms with E-state index in [1.165, 1.54) is 0 Å². The quantitative estimate of drug-likeness (QED) is 0.829. The Morgan fingerprint density at radius 2 is 2.25 bits per heavy atom. The number of carbonyl (C=O) groups excluding carboxylic acids is 1. The van der Waals surface area contributed by atoms with Crippen LogP contribution in [-0.4, -0.2) is 48.3 Å². The van der Waals surface area contributed by atoms with Crippen molar-refractivity contribution in [3.05, 3.63) is 17.0 Å². The molecule has 0 spiro atoms. The van der Waals surface area contributed by atoms with Gasteiger partial charge in [0, 0.05) is 30.8 Å². The molecule has 2 aliphatic rings. The molecule has 1 aromatic heterocycles. The second-order valence-electron chi connectivity index (χ2n) is 5.87. The second-order valence-corrected chi connectivity index (χ2v) is 8.05. The van der Waals surface area contributed by atoms with Crippen LogP contribution < -0.4 is 0 Å². The fourth-order valence-electron chi connectivity index (χ4n) is 3.01. The molecule has 3 heterocycles. The number of aromatic nitrogens is 2. The van der Waals surface area contributed by atoms with E-state index in [1.54, 1.807) is 4.90 Å². The van der Waals surface area contributed by atoms with Crippen molar-refractivity contribution in [1.82, 2.24) is 15.1 Å². The van der Waals surface area contributed by atoms with Gasteiger partial charge in [-0.25, -0.2) is 8.42 Å². The number of rotatable bonds is 1. The van der Waals surface area contributed by atoms with Crippen LogP contribution >= 0.6 is 0 Å². The van der Waals surface area contributed by atoms with Gasteiger partial charge in [0.1, 0.15) is 0 Å². The summed E-state index contributed by atoms with van der Waals surface area (Å²) in [5, 5.41) is 6.92. The van der Waals surface area contributed by atoms with Crippen LogP contribution in [0, 0.1) is 5.92 Å². The van der Waals surface area contributed by atoms with Crippen molar-refractivity contribution in [3.63, 3.8) is 0 Å². The van der Waals surface area contributed by atoms with Crippen molar-refractivity contribution in [2.24, 2.45) is 5.92 Å². The molecule has 6 nitrogen and oxygen atoms in total. The summed E-state index contributed by atoms with van der Waals surface area (Å²) in [6.07, 6.45) is 2.56. The molecule has 0 aliphatic carbocycles. The Kier molecular flexibility index (Phi) is 3.32. The highest BCUT2D eigenvalue weighted by atomic mass is 32.2. The van der Waals surface area contributed by atoms with Gasteiger partial charge >= 0.3 is 0 Å². The summed E-state index contributed by atoms with van der Waals surface area (Å²) in [6, 6.07) is 0. The molecule has 1 saturated heterocycles. The van der Waals surface area contributed by atoms with Gasteiger partial charge in [-0.2, -0.15) is 5.10 Å². The van der Waals surface area contributed by atoms with Crippen LogP contribution in [0.15, 0.2) is 0 Å².